The molecule has 24 heavy (non-hydrogen) atoms. The summed E-state index contributed by atoms with van der Waals surface area (Å²) in [5.41, 5.74) is 0.370. The molecule has 0 radical (unpaired) electrons. The molecule has 5 nitrogen and oxygen atoms in total. The number of esters is 1. The second kappa shape index (κ2) is 8.49. The molecule has 0 amide bonds. The SMILES string of the molecule is COc1ccccc1C(=O)COC(=O)[C@@H](C)Oc1ccc(Br)cc1. The van der Waals surface area contributed by atoms with E-state index in [1.54, 1.807) is 55.5 Å². The lowest BCUT2D eigenvalue weighted by Gasteiger charge is -2.14. The molecule has 0 unspecified atom stereocenters. The molecule has 0 spiro atoms. The largest absolute Gasteiger partial charge is 0.496 e. The predicted octanol–water partition coefficient (Wildman–Crippen LogP) is 3.65. The van der Waals surface area contributed by atoms with Gasteiger partial charge >= 0.3 is 5.97 Å². The Morgan fingerprint density at radius 3 is 2.42 bits per heavy atom. The van der Waals surface area contributed by atoms with Crippen molar-refractivity contribution in [3.63, 3.8) is 0 Å². The van der Waals surface area contributed by atoms with E-state index in [0.717, 1.165) is 4.47 Å². The van der Waals surface area contributed by atoms with Gasteiger partial charge < -0.3 is 14.2 Å². The maximum Gasteiger partial charge on any atom is 0.347 e. The normalized spacial score (nSPS) is 11.5. The van der Waals surface area contributed by atoms with Gasteiger partial charge in [0, 0.05) is 4.47 Å². The van der Waals surface area contributed by atoms with Gasteiger partial charge in [-0.25, -0.2) is 4.79 Å². The highest BCUT2D eigenvalue weighted by Crippen LogP contribution is 2.19. The summed E-state index contributed by atoms with van der Waals surface area (Å²) in [6.07, 6.45) is -0.823. The summed E-state index contributed by atoms with van der Waals surface area (Å²) in [6.45, 7) is 1.20. The minimum atomic E-state index is -0.823. The smallest absolute Gasteiger partial charge is 0.347 e. The number of ether oxygens (including phenoxy) is 3. The Morgan fingerprint density at radius 2 is 1.75 bits per heavy atom. The maximum absolute atomic E-state index is 12.1. The number of benzene rings is 2. The molecule has 0 saturated carbocycles. The summed E-state index contributed by atoms with van der Waals surface area (Å²) in [4.78, 5) is 24.1. The van der Waals surface area contributed by atoms with Gasteiger partial charge in [0.05, 0.1) is 12.7 Å². The van der Waals surface area contributed by atoms with Crippen molar-refractivity contribution in [1.82, 2.24) is 0 Å². The first kappa shape index (κ1) is 18.0. The van der Waals surface area contributed by atoms with Crippen molar-refractivity contribution in [3.05, 3.63) is 58.6 Å². The summed E-state index contributed by atoms with van der Waals surface area (Å²) >= 11 is 3.32. The first-order valence-corrected chi connectivity index (χ1v) is 8.05. The van der Waals surface area contributed by atoms with Crippen molar-refractivity contribution in [2.75, 3.05) is 13.7 Å². The average Bonchev–Trinajstić information content (AvgIpc) is 2.61. The third kappa shape index (κ3) is 4.83. The van der Waals surface area contributed by atoms with Crippen LogP contribution in [0.5, 0.6) is 11.5 Å². The number of para-hydroxylation sites is 1. The van der Waals surface area contributed by atoms with Crippen LogP contribution in [0.15, 0.2) is 53.0 Å². The van der Waals surface area contributed by atoms with Gasteiger partial charge in [0.2, 0.25) is 5.78 Å². The molecule has 0 aliphatic rings. The van der Waals surface area contributed by atoms with Crippen molar-refractivity contribution in [3.8, 4) is 11.5 Å². The van der Waals surface area contributed by atoms with Crippen molar-refractivity contribution in [2.45, 2.75) is 13.0 Å². The van der Waals surface area contributed by atoms with Crippen LogP contribution in [-0.2, 0) is 9.53 Å². The zero-order chi connectivity index (χ0) is 17.5. The van der Waals surface area contributed by atoms with E-state index in [1.165, 1.54) is 7.11 Å². The first-order valence-electron chi connectivity index (χ1n) is 7.26. The quantitative estimate of drug-likeness (QED) is 0.531. The molecule has 0 bridgehead atoms. The second-order valence-corrected chi connectivity index (χ2v) is 5.86. The van der Waals surface area contributed by atoms with Crippen LogP contribution in [0.2, 0.25) is 0 Å². The fraction of sp³-hybridized carbons (Fsp3) is 0.222. The van der Waals surface area contributed by atoms with Gasteiger partial charge in [-0.15, -0.1) is 0 Å². The Bertz CT molecular complexity index is 712. The summed E-state index contributed by atoms with van der Waals surface area (Å²) in [5.74, 6) is 0.0363. The standard InChI is InChI=1S/C18H17BrO5/c1-12(24-14-9-7-13(19)8-10-14)18(21)23-11-16(20)15-5-3-4-6-17(15)22-2/h3-10,12H,11H2,1-2H3/t12-/m1/s1. The number of ketones is 1. The second-order valence-electron chi connectivity index (χ2n) is 4.95. The fourth-order valence-electron chi connectivity index (χ4n) is 1.97. The number of hydrogen-bond donors (Lipinski definition) is 0. The Hall–Kier alpha value is -2.34. The number of carbonyl (C=O) groups is 2. The number of halogens is 1. The fourth-order valence-corrected chi connectivity index (χ4v) is 2.24. The van der Waals surface area contributed by atoms with Crippen LogP contribution in [0.1, 0.15) is 17.3 Å². The maximum atomic E-state index is 12.1. The molecule has 0 aliphatic heterocycles. The lowest BCUT2D eigenvalue weighted by molar-refractivity contribution is -0.149. The summed E-state index contributed by atoms with van der Waals surface area (Å²) < 4.78 is 16.5. The molecule has 1 atom stereocenters. The average molecular weight is 393 g/mol. The van der Waals surface area contributed by atoms with Gasteiger partial charge in [0.25, 0.3) is 0 Å². The molecule has 0 aliphatic carbocycles. The molecule has 126 valence electrons. The Morgan fingerprint density at radius 1 is 1.08 bits per heavy atom. The highest BCUT2D eigenvalue weighted by Gasteiger charge is 2.19. The van der Waals surface area contributed by atoms with E-state index < -0.39 is 12.1 Å². The van der Waals surface area contributed by atoms with Gasteiger partial charge in [0.1, 0.15) is 11.5 Å². The molecular formula is C18H17BrO5. The summed E-state index contributed by atoms with van der Waals surface area (Å²) in [7, 11) is 1.48. The predicted molar refractivity (Wildman–Crippen MR) is 92.5 cm³/mol. The summed E-state index contributed by atoms with van der Waals surface area (Å²) in [5, 5.41) is 0. The summed E-state index contributed by atoms with van der Waals surface area (Å²) in [6, 6.07) is 13.8. The molecule has 2 rings (SSSR count). The monoisotopic (exact) mass is 392 g/mol. The molecule has 0 fully saturated rings. The van der Waals surface area contributed by atoms with E-state index in [0.29, 0.717) is 17.1 Å². The Labute approximate surface area is 148 Å². The van der Waals surface area contributed by atoms with Gasteiger partial charge in [-0.3, -0.25) is 4.79 Å². The number of rotatable bonds is 7. The zero-order valence-corrected chi connectivity index (χ0v) is 14.9. The van der Waals surface area contributed by atoms with Crippen LogP contribution in [0.4, 0.5) is 0 Å². The molecular weight excluding hydrogens is 376 g/mol. The van der Waals surface area contributed by atoms with E-state index in [2.05, 4.69) is 15.9 Å². The highest BCUT2D eigenvalue weighted by atomic mass is 79.9. The molecule has 0 heterocycles. The number of methoxy groups -OCH3 is 1. The van der Waals surface area contributed by atoms with E-state index >= 15 is 0 Å². The zero-order valence-electron chi connectivity index (χ0n) is 13.3. The molecule has 2 aromatic carbocycles. The van der Waals surface area contributed by atoms with Gasteiger partial charge in [-0.2, -0.15) is 0 Å². The lowest BCUT2D eigenvalue weighted by atomic mass is 10.1. The van der Waals surface area contributed by atoms with Crippen LogP contribution in [0.25, 0.3) is 0 Å². The van der Waals surface area contributed by atoms with Crippen LogP contribution in [0.3, 0.4) is 0 Å². The number of carbonyl (C=O) groups excluding carboxylic acids is 2. The highest BCUT2D eigenvalue weighted by molar-refractivity contribution is 9.10. The van der Waals surface area contributed by atoms with E-state index in [4.69, 9.17) is 14.2 Å². The van der Waals surface area contributed by atoms with Gasteiger partial charge in [-0.05, 0) is 43.3 Å². The van der Waals surface area contributed by atoms with E-state index in [-0.39, 0.29) is 12.4 Å². The molecule has 6 heteroatoms. The van der Waals surface area contributed by atoms with Crippen LogP contribution < -0.4 is 9.47 Å². The third-order valence-corrected chi connectivity index (χ3v) is 3.74. The van der Waals surface area contributed by atoms with Crippen molar-refractivity contribution < 1.29 is 23.8 Å². The first-order chi connectivity index (χ1) is 11.5. The van der Waals surface area contributed by atoms with Crippen LogP contribution in [-0.4, -0.2) is 31.6 Å². The molecule has 0 N–H and O–H groups in total. The van der Waals surface area contributed by atoms with Crippen LogP contribution in [0, 0.1) is 0 Å². The molecule has 0 aromatic heterocycles. The van der Waals surface area contributed by atoms with E-state index in [1.807, 2.05) is 0 Å². The number of hydrogen-bond acceptors (Lipinski definition) is 5. The number of Topliss-reactive ketones (excluding diaryl/α,β-unsaturated/α-hetero) is 1. The lowest BCUT2D eigenvalue weighted by Crippen LogP contribution is -2.28. The Kier molecular flexibility index (Phi) is 6.37. The molecule has 2 aromatic rings. The van der Waals surface area contributed by atoms with Crippen molar-refractivity contribution in [2.24, 2.45) is 0 Å². The van der Waals surface area contributed by atoms with Gasteiger partial charge in [0.15, 0.2) is 12.7 Å². The van der Waals surface area contributed by atoms with Crippen molar-refractivity contribution in [1.29, 1.82) is 0 Å². The van der Waals surface area contributed by atoms with Crippen molar-refractivity contribution >= 4 is 27.7 Å². The minimum Gasteiger partial charge on any atom is -0.496 e. The molecule has 0 saturated heterocycles. The van der Waals surface area contributed by atoms with E-state index in [9.17, 15) is 9.59 Å². The van der Waals surface area contributed by atoms with Gasteiger partial charge in [-0.1, -0.05) is 28.1 Å². The minimum absolute atomic E-state index is 0.336. The third-order valence-electron chi connectivity index (χ3n) is 3.21. The van der Waals surface area contributed by atoms with Crippen LogP contribution >= 0.6 is 15.9 Å². The Balaban J connectivity index is 1.90. The topological polar surface area (TPSA) is 61.8 Å².